The maximum atomic E-state index is 8.71. The lowest BCUT2D eigenvalue weighted by atomic mass is 9.86. The number of nitrogens with zero attached hydrogens (tertiary/aromatic N) is 1. The van der Waals surface area contributed by atoms with Crippen molar-refractivity contribution in [3.63, 3.8) is 0 Å². The van der Waals surface area contributed by atoms with Gasteiger partial charge in [0.1, 0.15) is 11.6 Å². The van der Waals surface area contributed by atoms with E-state index in [1.165, 1.54) is 5.56 Å². The zero-order valence-corrected chi connectivity index (χ0v) is 13.2. The first-order valence-corrected chi connectivity index (χ1v) is 7.31. The molecule has 0 radical (unpaired) electrons. The van der Waals surface area contributed by atoms with Crippen LogP contribution in [0.1, 0.15) is 32.3 Å². The summed E-state index contributed by atoms with van der Waals surface area (Å²) >= 11 is 0. The monoisotopic (exact) mass is 293 g/mol. The van der Waals surface area contributed by atoms with Gasteiger partial charge in [-0.25, -0.2) is 0 Å². The molecule has 1 rings (SSSR count). The van der Waals surface area contributed by atoms with Crippen LogP contribution in [0.25, 0.3) is 0 Å². The Balaban J connectivity index is 2.17. The molecule has 0 amide bonds. The Morgan fingerprint density at radius 2 is 1.95 bits per heavy atom. The number of nitrogens with two attached hydrogens (primary N) is 1. The lowest BCUT2D eigenvalue weighted by molar-refractivity contribution is 0.304. The smallest absolute Gasteiger partial charge is 0.144 e. The minimum Gasteiger partial charge on any atom is -0.497 e. The lowest BCUT2D eigenvalue weighted by Crippen LogP contribution is -2.32. The Labute approximate surface area is 127 Å². The highest BCUT2D eigenvalue weighted by Gasteiger charge is 2.22. The molecule has 5 heteroatoms. The van der Waals surface area contributed by atoms with Gasteiger partial charge >= 0.3 is 0 Å². The second-order valence-electron chi connectivity index (χ2n) is 5.82. The van der Waals surface area contributed by atoms with E-state index in [9.17, 15) is 0 Å². The number of hydrogen-bond acceptors (Lipinski definition) is 4. The number of nitrogens with one attached hydrogen (secondary N) is 1. The van der Waals surface area contributed by atoms with E-state index in [-0.39, 0.29) is 5.41 Å². The van der Waals surface area contributed by atoms with Crippen LogP contribution in [0.4, 0.5) is 0 Å². The van der Waals surface area contributed by atoms with Crippen molar-refractivity contribution in [1.29, 1.82) is 0 Å². The summed E-state index contributed by atoms with van der Waals surface area (Å²) in [5.74, 6) is 1.18. The van der Waals surface area contributed by atoms with Gasteiger partial charge in [-0.1, -0.05) is 31.1 Å². The molecule has 0 saturated heterocycles. The summed E-state index contributed by atoms with van der Waals surface area (Å²) < 4.78 is 5.13. The van der Waals surface area contributed by atoms with Gasteiger partial charge in [-0.15, -0.1) is 0 Å². The second kappa shape index (κ2) is 8.52. The van der Waals surface area contributed by atoms with E-state index in [0.717, 1.165) is 38.1 Å². The Bertz CT molecular complexity index is 441. The van der Waals surface area contributed by atoms with Crippen molar-refractivity contribution in [3.05, 3.63) is 29.8 Å². The number of ether oxygens (including phenoxy) is 1. The van der Waals surface area contributed by atoms with Gasteiger partial charge in [-0.3, -0.25) is 0 Å². The Hall–Kier alpha value is -1.75. The summed E-state index contributed by atoms with van der Waals surface area (Å²) in [6.45, 7) is 5.84. The maximum absolute atomic E-state index is 8.71. The van der Waals surface area contributed by atoms with E-state index in [1.54, 1.807) is 7.11 Å². The van der Waals surface area contributed by atoms with E-state index < -0.39 is 0 Å². The van der Waals surface area contributed by atoms with Crippen molar-refractivity contribution in [2.24, 2.45) is 16.3 Å². The third-order valence-electron chi connectivity index (χ3n) is 3.71. The minimum atomic E-state index is -0.258. The van der Waals surface area contributed by atoms with Crippen molar-refractivity contribution < 1.29 is 9.94 Å². The highest BCUT2D eigenvalue weighted by Crippen LogP contribution is 2.21. The van der Waals surface area contributed by atoms with Gasteiger partial charge in [0.05, 0.1) is 7.11 Å². The first-order chi connectivity index (χ1) is 9.99. The number of amidine groups is 1. The summed E-state index contributed by atoms with van der Waals surface area (Å²) in [6, 6.07) is 8.13. The molecule has 0 bridgehead atoms. The Morgan fingerprint density at radius 3 is 2.52 bits per heavy atom. The van der Waals surface area contributed by atoms with Crippen molar-refractivity contribution in [2.45, 2.75) is 33.1 Å². The molecule has 1 aromatic carbocycles. The van der Waals surface area contributed by atoms with Gasteiger partial charge < -0.3 is 21.0 Å². The largest absolute Gasteiger partial charge is 0.497 e. The van der Waals surface area contributed by atoms with Gasteiger partial charge in [0.25, 0.3) is 0 Å². The molecule has 0 atom stereocenters. The van der Waals surface area contributed by atoms with Crippen LogP contribution < -0.4 is 15.8 Å². The van der Waals surface area contributed by atoms with Crippen molar-refractivity contribution in [3.8, 4) is 5.75 Å². The number of hydrogen-bond donors (Lipinski definition) is 3. The lowest BCUT2D eigenvalue weighted by Gasteiger charge is -2.22. The molecule has 118 valence electrons. The Morgan fingerprint density at radius 1 is 1.29 bits per heavy atom. The molecule has 0 fully saturated rings. The molecule has 0 unspecified atom stereocenters. The summed E-state index contributed by atoms with van der Waals surface area (Å²) in [5.41, 5.74) is 6.70. The van der Waals surface area contributed by atoms with Gasteiger partial charge in [-0.2, -0.15) is 0 Å². The molecule has 5 nitrogen and oxygen atoms in total. The quantitative estimate of drug-likeness (QED) is 0.215. The van der Waals surface area contributed by atoms with E-state index in [0.29, 0.717) is 5.84 Å². The molecule has 0 aliphatic rings. The molecular weight excluding hydrogens is 266 g/mol. The summed E-state index contributed by atoms with van der Waals surface area (Å²) in [7, 11) is 1.67. The van der Waals surface area contributed by atoms with Gasteiger partial charge in [0.15, 0.2) is 0 Å². The highest BCUT2D eigenvalue weighted by atomic mass is 16.5. The highest BCUT2D eigenvalue weighted by molar-refractivity contribution is 5.85. The number of rotatable bonds is 9. The SMILES string of the molecule is COc1ccc(CCNCCCC(C)(C)C(N)=NO)cc1. The second-order valence-corrected chi connectivity index (χ2v) is 5.82. The van der Waals surface area contributed by atoms with Crippen LogP contribution >= 0.6 is 0 Å². The van der Waals surface area contributed by atoms with Crippen molar-refractivity contribution >= 4 is 5.84 Å². The van der Waals surface area contributed by atoms with Crippen molar-refractivity contribution in [1.82, 2.24) is 5.32 Å². The zero-order chi connectivity index (χ0) is 15.7. The fourth-order valence-electron chi connectivity index (χ4n) is 2.07. The van der Waals surface area contributed by atoms with Crippen LogP contribution in [-0.2, 0) is 6.42 Å². The minimum absolute atomic E-state index is 0.258. The first kappa shape index (κ1) is 17.3. The van der Waals surface area contributed by atoms with E-state index in [1.807, 2.05) is 26.0 Å². The summed E-state index contributed by atoms with van der Waals surface area (Å²) in [4.78, 5) is 0. The molecule has 0 spiro atoms. The molecule has 0 heterocycles. The van der Waals surface area contributed by atoms with E-state index in [2.05, 4.69) is 22.6 Å². The summed E-state index contributed by atoms with van der Waals surface area (Å²) in [6.07, 6.45) is 2.87. The molecule has 0 saturated carbocycles. The molecular formula is C16H27N3O2. The van der Waals surface area contributed by atoms with E-state index in [4.69, 9.17) is 15.7 Å². The van der Waals surface area contributed by atoms with Crippen LogP contribution in [-0.4, -0.2) is 31.2 Å². The number of benzene rings is 1. The third kappa shape index (κ3) is 6.04. The fraction of sp³-hybridized carbons (Fsp3) is 0.562. The first-order valence-electron chi connectivity index (χ1n) is 7.31. The van der Waals surface area contributed by atoms with Gasteiger partial charge in [-0.05, 0) is 50.0 Å². The zero-order valence-electron chi connectivity index (χ0n) is 13.2. The van der Waals surface area contributed by atoms with Crippen LogP contribution in [0, 0.1) is 5.41 Å². The fourth-order valence-corrected chi connectivity index (χ4v) is 2.07. The number of methoxy groups -OCH3 is 1. The average Bonchev–Trinajstić information content (AvgIpc) is 2.50. The van der Waals surface area contributed by atoms with Gasteiger partial charge in [0.2, 0.25) is 0 Å². The molecule has 0 aliphatic carbocycles. The molecule has 0 aromatic heterocycles. The molecule has 4 N–H and O–H groups in total. The standard InChI is InChI=1S/C16H27N3O2/c1-16(2,15(17)19-20)10-4-11-18-12-9-13-5-7-14(21-3)8-6-13/h5-8,18,20H,4,9-12H2,1-3H3,(H2,17,19). The number of oxime groups is 1. The Kier molecular flexibility index (Phi) is 7.02. The molecule has 0 aliphatic heterocycles. The van der Waals surface area contributed by atoms with E-state index >= 15 is 0 Å². The summed E-state index contributed by atoms with van der Waals surface area (Å²) in [5, 5.41) is 15.2. The maximum Gasteiger partial charge on any atom is 0.144 e. The normalized spacial score (nSPS) is 12.4. The van der Waals surface area contributed by atoms with Gasteiger partial charge in [0, 0.05) is 5.41 Å². The van der Waals surface area contributed by atoms with Crippen LogP contribution in [0.15, 0.2) is 29.4 Å². The van der Waals surface area contributed by atoms with Crippen molar-refractivity contribution in [2.75, 3.05) is 20.2 Å². The van der Waals surface area contributed by atoms with Crippen LogP contribution in [0.5, 0.6) is 5.75 Å². The predicted molar refractivity (Wildman–Crippen MR) is 86.0 cm³/mol. The molecule has 21 heavy (non-hydrogen) atoms. The average molecular weight is 293 g/mol. The van der Waals surface area contributed by atoms with Crippen LogP contribution in [0.3, 0.4) is 0 Å². The topological polar surface area (TPSA) is 79.9 Å². The predicted octanol–water partition coefficient (Wildman–Crippen LogP) is 2.38. The molecule has 1 aromatic rings. The third-order valence-corrected chi connectivity index (χ3v) is 3.71. The van der Waals surface area contributed by atoms with Crippen LogP contribution in [0.2, 0.25) is 0 Å².